The third-order valence-corrected chi connectivity index (χ3v) is 6.55. The molecule has 0 spiro atoms. The van der Waals surface area contributed by atoms with E-state index in [-0.39, 0.29) is 30.3 Å². The van der Waals surface area contributed by atoms with Gasteiger partial charge in [-0.2, -0.15) is 0 Å². The summed E-state index contributed by atoms with van der Waals surface area (Å²) in [5.74, 6) is -1.94. The molecule has 0 amide bonds. The van der Waals surface area contributed by atoms with E-state index in [0.717, 1.165) is 0 Å². The summed E-state index contributed by atoms with van der Waals surface area (Å²) in [5.41, 5.74) is -1.57. The van der Waals surface area contributed by atoms with Crippen LogP contribution in [-0.4, -0.2) is 35.1 Å². The Labute approximate surface area is 199 Å². The Morgan fingerprint density at radius 1 is 0.941 bits per heavy atom. The first-order chi connectivity index (χ1) is 15.6. The van der Waals surface area contributed by atoms with Crippen molar-refractivity contribution in [2.75, 3.05) is 0 Å². The number of fused-ring (bicyclic) bond motifs is 2. The van der Waals surface area contributed by atoms with E-state index in [1.807, 2.05) is 33.8 Å². The standard InChI is InChI=1S/C26H32O8/c1-14(2)19-11-18-9-10-26(33-17(5)29)24(6,7)13-21(30)34-25(26,8)12-20(18)23(32-16(4)28)22(19)31-15(3)27/h9-11,14H,12-13H2,1-8H3. The van der Waals surface area contributed by atoms with Gasteiger partial charge in [0, 0.05) is 43.7 Å². The molecule has 0 bridgehead atoms. The Balaban J connectivity index is 2.38. The fourth-order valence-electron chi connectivity index (χ4n) is 5.17. The van der Waals surface area contributed by atoms with Gasteiger partial charge in [-0.05, 0) is 30.5 Å². The minimum Gasteiger partial charge on any atom is -0.454 e. The van der Waals surface area contributed by atoms with Gasteiger partial charge < -0.3 is 18.9 Å². The van der Waals surface area contributed by atoms with E-state index in [9.17, 15) is 19.2 Å². The van der Waals surface area contributed by atoms with E-state index in [1.165, 1.54) is 20.8 Å². The van der Waals surface area contributed by atoms with Crippen LogP contribution in [0.25, 0.3) is 6.08 Å². The minimum atomic E-state index is -1.33. The summed E-state index contributed by atoms with van der Waals surface area (Å²) in [4.78, 5) is 49.0. The Kier molecular flexibility index (Phi) is 6.41. The van der Waals surface area contributed by atoms with Crippen molar-refractivity contribution in [3.63, 3.8) is 0 Å². The van der Waals surface area contributed by atoms with Gasteiger partial charge in [0.25, 0.3) is 0 Å². The first kappa shape index (κ1) is 25.5. The number of carbonyl (C=O) groups is 4. The van der Waals surface area contributed by atoms with E-state index in [4.69, 9.17) is 18.9 Å². The number of esters is 4. The normalized spacial score (nSPS) is 24.9. The van der Waals surface area contributed by atoms with Crippen LogP contribution in [0.2, 0.25) is 0 Å². The van der Waals surface area contributed by atoms with Crippen molar-refractivity contribution >= 4 is 30.0 Å². The van der Waals surface area contributed by atoms with Gasteiger partial charge in [0.05, 0.1) is 6.42 Å². The Morgan fingerprint density at radius 3 is 2.06 bits per heavy atom. The highest BCUT2D eigenvalue weighted by molar-refractivity contribution is 5.80. The van der Waals surface area contributed by atoms with Crippen molar-refractivity contribution < 1.29 is 38.1 Å². The van der Waals surface area contributed by atoms with Crippen LogP contribution in [0, 0.1) is 5.41 Å². The van der Waals surface area contributed by atoms with Crippen molar-refractivity contribution in [1.82, 2.24) is 0 Å². The smallest absolute Gasteiger partial charge is 0.308 e. The molecule has 3 rings (SSSR count). The fourth-order valence-corrected chi connectivity index (χ4v) is 5.17. The molecule has 34 heavy (non-hydrogen) atoms. The van der Waals surface area contributed by atoms with Crippen LogP contribution in [0.5, 0.6) is 11.5 Å². The van der Waals surface area contributed by atoms with Crippen molar-refractivity contribution in [1.29, 1.82) is 0 Å². The van der Waals surface area contributed by atoms with Crippen LogP contribution in [0.1, 0.15) is 84.4 Å². The number of hydrogen-bond acceptors (Lipinski definition) is 8. The quantitative estimate of drug-likeness (QED) is 0.473. The largest absolute Gasteiger partial charge is 0.454 e. The maximum absolute atomic E-state index is 12.7. The lowest BCUT2D eigenvalue weighted by Gasteiger charge is -2.55. The molecule has 2 unspecified atom stereocenters. The molecule has 0 N–H and O–H groups in total. The molecule has 0 aromatic heterocycles. The van der Waals surface area contributed by atoms with Crippen LogP contribution in [0.15, 0.2) is 12.1 Å². The Morgan fingerprint density at radius 2 is 1.53 bits per heavy atom. The molecule has 1 aliphatic carbocycles. The Bertz CT molecular complexity index is 1100. The van der Waals surface area contributed by atoms with Crippen molar-refractivity contribution in [3.8, 4) is 11.5 Å². The molecule has 184 valence electrons. The second-order valence-electron chi connectivity index (χ2n) is 10.1. The predicted octanol–water partition coefficient (Wildman–Crippen LogP) is 4.26. The number of ether oxygens (including phenoxy) is 4. The molecule has 1 aromatic carbocycles. The third kappa shape index (κ3) is 4.21. The average Bonchev–Trinajstić information content (AvgIpc) is 2.77. The average molecular weight is 473 g/mol. The highest BCUT2D eigenvalue weighted by Gasteiger charge is 2.65. The summed E-state index contributed by atoms with van der Waals surface area (Å²) < 4.78 is 23.0. The van der Waals surface area contributed by atoms with Gasteiger partial charge in [0.2, 0.25) is 0 Å². The van der Waals surface area contributed by atoms with Crippen LogP contribution < -0.4 is 9.47 Å². The number of carbonyl (C=O) groups excluding carboxylic acids is 4. The molecular formula is C26H32O8. The zero-order chi connectivity index (χ0) is 25.6. The highest BCUT2D eigenvalue weighted by Crippen LogP contribution is 2.56. The van der Waals surface area contributed by atoms with E-state index in [0.29, 0.717) is 16.7 Å². The molecule has 0 radical (unpaired) electrons. The zero-order valence-corrected chi connectivity index (χ0v) is 21.0. The van der Waals surface area contributed by atoms with E-state index in [1.54, 1.807) is 19.1 Å². The molecule has 1 saturated heterocycles. The summed E-state index contributed by atoms with van der Waals surface area (Å²) in [6.07, 6.45) is 3.65. The van der Waals surface area contributed by atoms with E-state index < -0.39 is 40.5 Å². The minimum absolute atomic E-state index is 0.0449. The van der Waals surface area contributed by atoms with Gasteiger partial charge in [-0.1, -0.05) is 33.8 Å². The van der Waals surface area contributed by atoms with Gasteiger partial charge in [-0.3, -0.25) is 19.2 Å². The van der Waals surface area contributed by atoms with Gasteiger partial charge in [-0.25, -0.2) is 0 Å². The van der Waals surface area contributed by atoms with E-state index in [2.05, 4.69) is 0 Å². The molecule has 2 aliphatic rings. The van der Waals surface area contributed by atoms with Crippen molar-refractivity contribution in [2.24, 2.45) is 5.41 Å². The molecule has 1 fully saturated rings. The molecule has 1 aliphatic heterocycles. The molecular weight excluding hydrogens is 440 g/mol. The van der Waals surface area contributed by atoms with Crippen molar-refractivity contribution in [3.05, 3.63) is 28.8 Å². The van der Waals surface area contributed by atoms with Crippen LogP contribution in [0.4, 0.5) is 0 Å². The summed E-state index contributed by atoms with van der Waals surface area (Å²) in [6, 6.07) is 1.86. The Hall–Kier alpha value is -3.16. The maximum Gasteiger partial charge on any atom is 0.308 e. The van der Waals surface area contributed by atoms with Crippen LogP contribution in [0.3, 0.4) is 0 Å². The molecule has 2 atom stereocenters. The second kappa shape index (κ2) is 8.56. The number of benzene rings is 1. The number of hydrogen-bond donors (Lipinski definition) is 0. The first-order valence-corrected chi connectivity index (χ1v) is 11.3. The summed E-state index contributed by atoms with van der Waals surface area (Å²) >= 11 is 0. The summed E-state index contributed by atoms with van der Waals surface area (Å²) in [5, 5.41) is 0. The van der Waals surface area contributed by atoms with Crippen molar-refractivity contribution in [2.45, 2.75) is 85.4 Å². The topological polar surface area (TPSA) is 105 Å². The lowest BCUT2D eigenvalue weighted by molar-refractivity contribution is -0.242. The predicted molar refractivity (Wildman–Crippen MR) is 123 cm³/mol. The first-order valence-electron chi connectivity index (χ1n) is 11.3. The molecule has 1 aromatic rings. The zero-order valence-electron chi connectivity index (χ0n) is 21.0. The van der Waals surface area contributed by atoms with Crippen LogP contribution in [-0.2, 0) is 35.1 Å². The van der Waals surface area contributed by atoms with Gasteiger partial charge >= 0.3 is 23.9 Å². The monoisotopic (exact) mass is 472 g/mol. The molecule has 1 heterocycles. The summed E-state index contributed by atoms with van der Waals surface area (Å²) in [6.45, 7) is 13.1. The van der Waals surface area contributed by atoms with Crippen LogP contribution >= 0.6 is 0 Å². The molecule has 8 heteroatoms. The van der Waals surface area contributed by atoms with Gasteiger partial charge in [-0.15, -0.1) is 0 Å². The maximum atomic E-state index is 12.7. The summed E-state index contributed by atoms with van der Waals surface area (Å²) in [7, 11) is 0. The van der Waals surface area contributed by atoms with Gasteiger partial charge in [0.15, 0.2) is 22.7 Å². The molecule has 8 nitrogen and oxygen atoms in total. The lowest BCUT2D eigenvalue weighted by atomic mass is 9.61. The molecule has 0 saturated carbocycles. The lowest BCUT2D eigenvalue weighted by Crippen LogP contribution is -2.67. The highest BCUT2D eigenvalue weighted by atomic mass is 16.6. The number of rotatable bonds is 4. The third-order valence-electron chi connectivity index (χ3n) is 6.55. The second-order valence-corrected chi connectivity index (χ2v) is 10.1. The van der Waals surface area contributed by atoms with E-state index >= 15 is 0 Å². The van der Waals surface area contributed by atoms with Gasteiger partial charge in [0.1, 0.15) is 0 Å². The fraction of sp³-hybridized carbons (Fsp3) is 0.538. The SMILES string of the molecule is CC(=O)Oc1c(C(C)C)cc2c(c1OC(C)=O)CC1(C)OC(=O)CC(C)(C)C1(OC(C)=O)C=C2.